The molecule has 1 aliphatic heterocycles. The highest BCUT2D eigenvalue weighted by atomic mass is 16.5. The third-order valence-electron chi connectivity index (χ3n) is 3.26. The van der Waals surface area contributed by atoms with Crippen LogP contribution < -0.4 is 4.74 Å². The van der Waals surface area contributed by atoms with Gasteiger partial charge in [0.15, 0.2) is 0 Å². The van der Waals surface area contributed by atoms with Gasteiger partial charge in [-0.25, -0.2) is 4.98 Å². The van der Waals surface area contributed by atoms with Crippen LogP contribution in [-0.2, 0) is 0 Å². The van der Waals surface area contributed by atoms with Crippen LogP contribution in [0.25, 0.3) is 0 Å². The number of ether oxygens (including phenoxy) is 1. The average Bonchev–Trinajstić information content (AvgIpc) is 2.46. The predicted octanol–water partition coefficient (Wildman–Crippen LogP) is 0.935. The zero-order chi connectivity index (χ0) is 13.0. The molecule has 2 rings (SSSR count). The molecule has 98 valence electrons. The molecule has 0 radical (unpaired) electrons. The molecule has 2 heterocycles. The number of aliphatic hydroxyl groups excluding tert-OH is 1. The smallest absolute Gasteiger partial charge is 0.255 e. The Morgan fingerprint density at radius 2 is 2.44 bits per heavy atom. The Morgan fingerprint density at radius 1 is 1.61 bits per heavy atom. The summed E-state index contributed by atoms with van der Waals surface area (Å²) in [6.45, 7) is 1.52. The fourth-order valence-electron chi connectivity index (χ4n) is 2.21. The summed E-state index contributed by atoms with van der Waals surface area (Å²) in [6.07, 6.45) is 3.46. The normalized spacial score (nSPS) is 19.7. The molecule has 1 atom stereocenters. The van der Waals surface area contributed by atoms with Crippen LogP contribution >= 0.6 is 0 Å². The summed E-state index contributed by atoms with van der Waals surface area (Å²) in [6, 6.07) is 3.40. The highest BCUT2D eigenvalue weighted by molar-refractivity contribution is 5.94. The van der Waals surface area contributed by atoms with Crippen LogP contribution in [0.2, 0.25) is 0 Å². The molecule has 1 aromatic heterocycles. The first-order valence-corrected chi connectivity index (χ1v) is 6.14. The average molecular weight is 250 g/mol. The third-order valence-corrected chi connectivity index (χ3v) is 3.26. The zero-order valence-corrected chi connectivity index (χ0v) is 10.5. The molecule has 0 aliphatic carbocycles. The van der Waals surface area contributed by atoms with Gasteiger partial charge in [-0.3, -0.25) is 4.79 Å². The second kappa shape index (κ2) is 5.82. The van der Waals surface area contributed by atoms with E-state index in [1.165, 1.54) is 6.20 Å². The fourth-order valence-corrected chi connectivity index (χ4v) is 2.21. The van der Waals surface area contributed by atoms with E-state index in [2.05, 4.69) is 4.98 Å². The maximum Gasteiger partial charge on any atom is 0.255 e. The number of aromatic nitrogens is 1. The highest BCUT2D eigenvalue weighted by Gasteiger charge is 2.24. The Kier molecular flexibility index (Phi) is 4.15. The van der Waals surface area contributed by atoms with E-state index in [1.54, 1.807) is 24.1 Å². The van der Waals surface area contributed by atoms with Gasteiger partial charge in [0.1, 0.15) is 0 Å². The molecular formula is C13H18N2O3. The Morgan fingerprint density at radius 3 is 3.06 bits per heavy atom. The molecule has 0 spiro atoms. The topological polar surface area (TPSA) is 62.7 Å². The monoisotopic (exact) mass is 250 g/mol. The van der Waals surface area contributed by atoms with Gasteiger partial charge in [-0.1, -0.05) is 0 Å². The number of pyridine rings is 1. The summed E-state index contributed by atoms with van der Waals surface area (Å²) in [5.74, 6) is 0.677. The van der Waals surface area contributed by atoms with Gasteiger partial charge >= 0.3 is 0 Å². The Bertz CT molecular complexity index is 405. The standard InChI is InChI=1S/C13H18N2O3/c1-18-12-5-4-11(7-14-12)13(17)15-6-2-3-10(8-15)9-16/h4-5,7,10,16H,2-3,6,8-9H2,1H3. The van der Waals surface area contributed by atoms with E-state index < -0.39 is 0 Å². The van der Waals surface area contributed by atoms with Gasteiger partial charge in [0.2, 0.25) is 5.88 Å². The zero-order valence-electron chi connectivity index (χ0n) is 10.5. The molecule has 5 heteroatoms. The molecule has 5 nitrogen and oxygen atoms in total. The number of methoxy groups -OCH3 is 1. The van der Waals surface area contributed by atoms with Crippen molar-refractivity contribution in [1.82, 2.24) is 9.88 Å². The molecule has 1 aromatic rings. The van der Waals surface area contributed by atoms with Crippen molar-refractivity contribution in [3.8, 4) is 5.88 Å². The van der Waals surface area contributed by atoms with Gasteiger partial charge < -0.3 is 14.7 Å². The van der Waals surface area contributed by atoms with Crippen LogP contribution in [0.1, 0.15) is 23.2 Å². The molecule has 1 saturated heterocycles. The van der Waals surface area contributed by atoms with Crippen molar-refractivity contribution >= 4 is 5.91 Å². The molecule has 1 aliphatic rings. The maximum atomic E-state index is 12.2. The molecular weight excluding hydrogens is 232 g/mol. The predicted molar refractivity (Wildman–Crippen MR) is 66.5 cm³/mol. The van der Waals surface area contributed by atoms with Gasteiger partial charge in [-0.2, -0.15) is 0 Å². The van der Waals surface area contributed by atoms with E-state index in [9.17, 15) is 4.79 Å². The number of piperidine rings is 1. The van der Waals surface area contributed by atoms with Crippen molar-refractivity contribution in [1.29, 1.82) is 0 Å². The van der Waals surface area contributed by atoms with Crippen molar-refractivity contribution in [2.24, 2.45) is 5.92 Å². The number of carbonyl (C=O) groups is 1. The van der Waals surface area contributed by atoms with E-state index in [-0.39, 0.29) is 18.4 Å². The van der Waals surface area contributed by atoms with Crippen LogP contribution in [0.5, 0.6) is 5.88 Å². The summed E-state index contributed by atoms with van der Waals surface area (Å²) in [5, 5.41) is 9.16. The number of hydrogen-bond donors (Lipinski definition) is 1. The fraction of sp³-hybridized carbons (Fsp3) is 0.538. The quantitative estimate of drug-likeness (QED) is 0.867. The van der Waals surface area contributed by atoms with Crippen molar-refractivity contribution in [2.45, 2.75) is 12.8 Å². The summed E-state index contributed by atoms with van der Waals surface area (Å²) >= 11 is 0. The summed E-state index contributed by atoms with van der Waals surface area (Å²) < 4.78 is 4.96. The Labute approximate surface area is 106 Å². The molecule has 1 unspecified atom stereocenters. The second-order valence-electron chi connectivity index (χ2n) is 4.53. The first kappa shape index (κ1) is 12.8. The molecule has 1 N–H and O–H groups in total. The minimum atomic E-state index is -0.0247. The molecule has 0 bridgehead atoms. The van der Waals surface area contributed by atoms with Crippen LogP contribution in [0.4, 0.5) is 0 Å². The number of carbonyl (C=O) groups excluding carboxylic acids is 1. The highest BCUT2D eigenvalue weighted by Crippen LogP contribution is 2.18. The lowest BCUT2D eigenvalue weighted by molar-refractivity contribution is 0.0620. The number of rotatable bonds is 3. The largest absolute Gasteiger partial charge is 0.481 e. The summed E-state index contributed by atoms with van der Waals surface area (Å²) in [4.78, 5) is 18.0. The Balaban J connectivity index is 2.05. The van der Waals surface area contributed by atoms with E-state index >= 15 is 0 Å². The SMILES string of the molecule is COc1ccc(C(=O)N2CCCC(CO)C2)cn1. The van der Waals surface area contributed by atoms with Gasteiger partial charge in [-0.05, 0) is 24.8 Å². The van der Waals surface area contributed by atoms with E-state index in [4.69, 9.17) is 9.84 Å². The first-order chi connectivity index (χ1) is 8.74. The van der Waals surface area contributed by atoms with E-state index in [0.29, 0.717) is 18.0 Å². The Hall–Kier alpha value is -1.62. The third kappa shape index (κ3) is 2.79. The van der Waals surface area contributed by atoms with Crippen molar-refractivity contribution in [2.75, 3.05) is 26.8 Å². The van der Waals surface area contributed by atoms with Crippen molar-refractivity contribution in [3.05, 3.63) is 23.9 Å². The van der Waals surface area contributed by atoms with Crippen molar-refractivity contribution < 1.29 is 14.6 Å². The number of likely N-dealkylation sites (tertiary alicyclic amines) is 1. The number of nitrogens with zero attached hydrogens (tertiary/aromatic N) is 2. The number of amides is 1. The van der Waals surface area contributed by atoms with E-state index in [0.717, 1.165) is 19.4 Å². The molecule has 0 aromatic carbocycles. The molecule has 1 amide bonds. The minimum Gasteiger partial charge on any atom is -0.481 e. The van der Waals surface area contributed by atoms with Crippen LogP contribution in [0.3, 0.4) is 0 Å². The maximum absolute atomic E-state index is 12.2. The molecule has 0 saturated carbocycles. The van der Waals surface area contributed by atoms with E-state index in [1.807, 2.05) is 0 Å². The molecule has 1 fully saturated rings. The molecule has 18 heavy (non-hydrogen) atoms. The van der Waals surface area contributed by atoms with Crippen LogP contribution in [-0.4, -0.2) is 47.7 Å². The van der Waals surface area contributed by atoms with Gasteiger partial charge in [0.25, 0.3) is 5.91 Å². The summed E-state index contributed by atoms with van der Waals surface area (Å²) in [7, 11) is 1.54. The van der Waals surface area contributed by atoms with Gasteiger partial charge in [-0.15, -0.1) is 0 Å². The minimum absolute atomic E-state index is 0.0247. The lowest BCUT2D eigenvalue weighted by atomic mass is 9.98. The van der Waals surface area contributed by atoms with Gasteiger partial charge in [0.05, 0.1) is 12.7 Å². The van der Waals surface area contributed by atoms with Crippen LogP contribution in [0.15, 0.2) is 18.3 Å². The number of hydrogen-bond acceptors (Lipinski definition) is 4. The number of aliphatic hydroxyl groups is 1. The first-order valence-electron chi connectivity index (χ1n) is 6.14. The summed E-state index contributed by atoms with van der Waals surface area (Å²) in [5.41, 5.74) is 0.564. The lowest BCUT2D eigenvalue weighted by Crippen LogP contribution is -2.40. The van der Waals surface area contributed by atoms with Gasteiger partial charge in [0, 0.05) is 32.0 Å². The lowest BCUT2D eigenvalue weighted by Gasteiger charge is -2.31. The van der Waals surface area contributed by atoms with Crippen molar-refractivity contribution in [3.63, 3.8) is 0 Å². The second-order valence-corrected chi connectivity index (χ2v) is 4.53. The van der Waals surface area contributed by atoms with Crippen LogP contribution in [0, 0.1) is 5.92 Å².